The van der Waals surface area contributed by atoms with Gasteiger partial charge in [0.05, 0.1) is 13.2 Å². The molecule has 0 radical (unpaired) electrons. The Bertz CT molecular complexity index is 613. The third-order valence-corrected chi connectivity index (χ3v) is 4.30. The minimum atomic E-state index is -1.25. The number of nitrogens with one attached hydrogen (secondary N) is 2. The molecule has 10 nitrogen and oxygen atoms in total. The zero-order valence-electron chi connectivity index (χ0n) is 17.6. The Labute approximate surface area is 176 Å². The molecule has 0 aliphatic carbocycles. The molecule has 30 heavy (non-hydrogen) atoms. The van der Waals surface area contributed by atoms with Crippen LogP contribution in [-0.2, 0) is 19.1 Å². The molecule has 0 saturated carbocycles. The normalized spacial score (nSPS) is 10.6. The standard InChI is InChI=1S/C20H32N2O8/c1-14(2)16(23)29-12-9-20(22-19(27)28,10-13-30-17(24)15(3)4)8-6-5-7-11-21-18(25)26/h21-22H,1,3,5-13H2,2,4H3,(H,25,26)(H,27,28). The van der Waals surface area contributed by atoms with Gasteiger partial charge in [-0.3, -0.25) is 0 Å². The van der Waals surface area contributed by atoms with Crippen molar-refractivity contribution in [2.75, 3.05) is 19.8 Å². The van der Waals surface area contributed by atoms with Gasteiger partial charge in [-0.15, -0.1) is 0 Å². The Hall–Kier alpha value is -3.04. The van der Waals surface area contributed by atoms with Gasteiger partial charge in [-0.2, -0.15) is 0 Å². The Kier molecular flexibility index (Phi) is 12.6. The van der Waals surface area contributed by atoms with Gasteiger partial charge in [0.15, 0.2) is 0 Å². The van der Waals surface area contributed by atoms with Crippen molar-refractivity contribution in [1.82, 2.24) is 10.6 Å². The first-order valence-corrected chi connectivity index (χ1v) is 9.62. The molecule has 0 atom stereocenters. The molecule has 0 bridgehead atoms. The van der Waals surface area contributed by atoms with E-state index >= 15 is 0 Å². The number of amides is 2. The molecule has 0 spiro atoms. The Balaban J connectivity index is 5.03. The molecule has 0 aromatic heterocycles. The average Bonchev–Trinajstić information content (AvgIpc) is 2.63. The Morgan fingerprint density at radius 1 is 0.800 bits per heavy atom. The van der Waals surface area contributed by atoms with Gasteiger partial charge in [0.2, 0.25) is 0 Å². The summed E-state index contributed by atoms with van der Waals surface area (Å²) in [5, 5.41) is 22.6. The lowest BCUT2D eigenvalue weighted by molar-refractivity contribution is -0.139. The summed E-state index contributed by atoms with van der Waals surface area (Å²) >= 11 is 0. The van der Waals surface area contributed by atoms with Gasteiger partial charge in [0.25, 0.3) is 0 Å². The summed E-state index contributed by atoms with van der Waals surface area (Å²) in [7, 11) is 0. The number of rotatable bonds is 15. The highest BCUT2D eigenvalue weighted by Crippen LogP contribution is 2.24. The van der Waals surface area contributed by atoms with Crippen molar-refractivity contribution in [2.24, 2.45) is 0 Å². The number of hydrogen-bond acceptors (Lipinski definition) is 6. The van der Waals surface area contributed by atoms with Crippen LogP contribution in [0.2, 0.25) is 0 Å². The van der Waals surface area contributed by atoms with Crippen LogP contribution in [0.5, 0.6) is 0 Å². The second kappa shape index (κ2) is 14.0. The zero-order valence-corrected chi connectivity index (χ0v) is 17.6. The van der Waals surface area contributed by atoms with E-state index in [1.807, 2.05) is 0 Å². The van der Waals surface area contributed by atoms with E-state index in [9.17, 15) is 24.3 Å². The van der Waals surface area contributed by atoms with E-state index in [0.717, 1.165) is 0 Å². The van der Waals surface area contributed by atoms with Crippen LogP contribution >= 0.6 is 0 Å². The fourth-order valence-corrected chi connectivity index (χ4v) is 2.67. The van der Waals surface area contributed by atoms with Crippen LogP contribution in [0.4, 0.5) is 9.59 Å². The van der Waals surface area contributed by atoms with Crippen LogP contribution in [0.3, 0.4) is 0 Å². The predicted octanol–water partition coefficient (Wildman–Crippen LogP) is 2.84. The van der Waals surface area contributed by atoms with Gasteiger partial charge in [0, 0.05) is 36.1 Å². The molecule has 0 aromatic rings. The second-order valence-electron chi connectivity index (χ2n) is 7.09. The lowest BCUT2D eigenvalue weighted by atomic mass is 9.86. The van der Waals surface area contributed by atoms with E-state index in [0.29, 0.717) is 32.2 Å². The lowest BCUT2D eigenvalue weighted by Crippen LogP contribution is -2.49. The summed E-state index contributed by atoms with van der Waals surface area (Å²) in [5.41, 5.74) is -0.530. The van der Waals surface area contributed by atoms with Crippen molar-refractivity contribution in [1.29, 1.82) is 0 Å². The molecule has 0 unspecified atom stereocenters. The first kappa shape index (κ1) is 27.0. The molecular weight excluding hydrogens is 396 g/mol. The molecule has 0 aliphatic heterocycles. The van der Waals surface area contributed by atoms with Crippen molar-refractivity contribution >= 4 is 24.1 Å². The van der Waals surface area contributed by atoms with Gasteiger partial charge in [0.1, 0.15) is 0 Å². The van der Waals surface area contributed by atoms with Crippen LogP contribution in [0.15, 0.2) is 24.3 Å². The first-order valence-electron chi connectivity index (χ1n) is 9.62. The summed E-state index contributed by atoms with van der Waals surface area (Å²) in [5.74, 6) is -1.15. The van der Waals surface area contributed by atoms with Crippen molar-refractivity contribution in [3.05, 3.63) is 24.3 Å². The maximum Gasteiger partial charge on any atom is 0.405 e. The van der Waals surface area contributed by atoms with Crippen LogP contribution in [0.25, 0.3) is 0 Å². The lowest BCUT2D eigenvalue weighted by Gasteiger charge is -2.34. The highest BCUT2D eigenvalue weighted by atomic mass is 16.5. The van der Waals surface area contributed by atoms with Gasteiger partial charge in [-0.1, -0.05) is 26.0 Å². The van der Waals surface area contributed by atoms with Crippen molar-refractivity contribution in [3.8, 4) is 0 Å². The molecule has 0 saturated heterocycles. The maximum atomic E-state index is 11.6. The summed E-state index contributed by atoms with van der Waals surface area (Å²) in [6.07, 6.45) is 0.222. The maximum absolute atomic E-state index is 11.6. The number of hydrogen-bond donors (Lipinski definition) is 4. The van der Waals surface area contributed by atoms with E-state index in [1.54, 1.807) is 0 Å². The fraction of sp³-hybridized carbons (Fsp3) is 0.600. The highest BCUT2D eigenvalue weighted by Gasteiger charge is 2.32. The number of carbonyl (C=O) groups excluding carboxylic acids is 2. The smallest absolute Gasteiger partial charge is 0.405 e. The summed E-state index contributed by atoms with van der Waals surface area (Å²) < 4.78 is 10.2. The summed E-state index contributed by atoms with van der Waals surface area (Å²) in [6, 6.07) is 0. The molecule has 4 N–H and O–H groups in total. The fourth-order valence-electron chi connectivity index (χ4n) is 2.67. The Morgan fingerprint density at radius 2 is 1.30 bits per heavy atom. The van der Waals surface area contributed by atoms with E-state index in [4.69, 9.17) is 14.6 Å². The third kappa shape index (κ3) is 12.4. The molecule has 0 heterocycles. The van der Waals surface area contributed by atoms with Gasteiger partial charge in [-0.05, 0) is 26.7 Å². The largest absolute Gasteiger partial charge is 0.465 e. The Morgan fingerprint density at radius 3 is 1.70 bits per heavy atom. The summed E-state index contributed by atoms with van der Waals surface area (Å²) in [4.78, 5) is 45.1. The molecule has 0 aromatic carbocycles. The van der Waals surface area contributed by atoms with Gasteiger partial charge >= 0.3 is 24.1 Å². The minimum Gasteiger partial charge on any atom is -0.465 e. The van der Waals surface area contributed by atoms with E-state index in [-0.39, 0.29) is 37.2 Å². The summed E-state index contributed by atoms with van der Waals surface area (Å²) in [6.45, 7) is 10.2. The minimum absolute atomic E-state index is 0.0407. The monoisotopic (exact) mass is 428 g/mol. The first-order chi connectivity index (χ1) is 14.0. The third-order valence-electron chi connectivity index (χ3n) is 4.30. The van der Waals surface area contributed by atoms with Crippen LogP contribution < -0.4 is 10.6 Å². The van der Waals surface area contributed by atoms with Crippen LogP contribution in [0, 0.1) is 0 Å². The number of ether oxygens (including phenoxy) is 2. The molecule has 170 valence electrons. The molecular formula is C20H32N2O8. The highest BCUT2D eigenvalue weighted by molar-refractivity contribution is 5.87. The van der Waals surface area contributed by atoms with E-state index in [2.05, 4.69) is 23.8 Å². The topological polar surface area (TPSA) is 151 Å². The van der Waals surface area contributed by atoms with E-state index in [1.165, 1.54) is 13.8 Å². The van der Waals surface area contributed by atoms with Gasteiger partial charge < -0.3 is 30.3 Å². The zero-order chi connectivity index (χ0) is 23.2. The molecule has 0 rings (SSSR count). The molecule has 0 aliphatic rings. The predicted molar refractivity (Wildman–Crippen MR) is 109 cm³/mol. The average molecular weight is 428 g/mol. The van der Waals surface area contributed by atoms with Crippen LogP contribution in [-0.4, -0.2) is 59.6 Å². The number of unbranched alkanes of at least 4 members (excludes halogenated alkanes) is 2. The van der Waals surface area contributed by atoms with Gasteiger partial charge in [-0.25, -0.2) is 19.2 Å². The van der Waals surface area contributed by atoms with Crippen molar-refractivity contribution in [3.63, 3.8) is 0 Å². The SMILES string of the molecule is C=C(C)C(=O)OCCC(CCCCCNC(=O)O)(CCOC(=O)C(=C)C)NC(=O)O. The second-order valence-corrected chi connectivity index (χ2v) is 7.09. The molecule has 2 amide bonds. The molecule has 10 heteroatoms. The number of esters is 2. The number of carbonyl (C=O) groups is 4. The van der Waals surface area contributed by atoms with E-state index < -0.39 is 29.7 Å². The van der Waals surface area contributed by atoms with Crippen LogP contribution in [0.1, 0.15) is 52.4 Å². The molecule has 0 fully saturated rings. The van der Waals surface area contributed by atoms with Crippen molar-refractivity contribution < 1.29 is 38.9 Å². The number of carboxylic acid groups (broad SMARTS) is 2. The van der Waals surface area contributed by atoms with Crippen molar-refractivity contribution in [2.45, 2.75) is 57.9 Å². The quantitative estimate of drug-likeness (QED) is 0.177.